The molecule has 8 nitrogen and oxygen atoms in total. The van der Waals surface area contributed by atoms with Crippen LogP contribution in [0.25, 0.3) is 11.5 Å². The lowest BCUT2D eigenvalue weighted by molar-refractivity contribution is 0.567. The molecule has 1 fully saturated rings. The third-order valence-corrected chi connectivity index (χ3v) is 3.74. The van der Waals surface area contributed by atoms with Crippen molar-refractivity contribution >= 4 is 10.0 Å². The predicted molar refractivity (Wildman–Crippen MR) is 67.6 cm³/mol. The molecule has 2 N–H and O–H groups in total. The highest BCUT2D eigenvalue weighted by Crippen LogP contribution is 2.39. The van der Waals surface area contributed by atoms with E-state index < -0.39 is 10.0 Å². The fourth-order valence-electron chi connectivity index (χ4n) is 1.90. The Balaban J connectivity index is 2.14. The van der Waals surface area contributed by atoms with Gasteiger partial charge in [-0.3, -0.25) is 9.55 Å². The van der Waals surface area contributed by atoms with E-state index in [1.807, 2.05) is 6.07 Å². The highest BCUT2D eigenvalue weighted by Gasteiger charge is 2.33. The van der Waals surface area contributed by atoms with Crippen molar-refractivity contribution in [3.63, 3.8) is 0 Å². The number of aromatic nitrogens is 4. The topological polar surface area (TPSA) is 128 Å². The Labute approximate surface area is 114 Å². The molecule has 102 valence electrons. The van der Waals surface area contributed by atoms with E-state index in [4.69, 9.17) is 10.4 Å². The van der Waals surface area contributed by atoms with E-state index in [1.54, 1.807) is 12.1 Å². The van der Waals surface area contributed by atoms with Gasteiger partial charge in [-0.25, -0.2) is 13.6 Å². The minimum absolute atomic E-state index is 0.0331. The Hall–Kier alpha value is -2.31. The molecule has 0 aliphatic heterocycles. The quantitative estimate of drug-likeness (QED) is 0.859. The number of nitrogens with two attached hydrogens (primary N) is 1. The average molecular weight is 290 g/mol. The number of hydrogen-bond acceptors (Lipinski definition) is 6. The number of rotatable bonds is 3. The average Bonchev–Trinajstić information content (AvgIpc) is 3.16. The molecule has 3 rings (SSSR count). The first-order valence-electron chi connectivity index (χ1n) is 5.85. The Morgan fingerprint density at radius 3 is 2.60 bits per heavy atom. The molecule has 0 saturated heterocycles. The normalized spacial score (nSPS) is 15.0. The molecular weight excluding hydrogens is 280 g/mol. The summed E-state index contributed by atoms with van der Waals surface area (Å²) in [7, 11) is -3.93. The van der Waals surface area contributed by atoms with Crippen molar-refractivity contribution in [2.75, 3.05) is 0 Å². The number of primary sulfonamides is 1. The first kappa shape index (κ1) is 12.7. The van der Waals surface area contributed by atoms with Crippen molar-refractivity contribution in [3.05, 3.63) is 23.9 Å². The molecule has 0 amide bonds. The van der Waals surface area contributed by atoms with Gasteiger partial charge in [0, 0.05) is 12.2 Å². The molecule has 9 heteroatoms. The van der Waals surface area contributed by atoms with Crippen molar-refractivity contribution in [2.24, 2.45) is 5.14 Å². The van der Waals surface area contributed by atoms with Gasteiger partial charge in [0.2, 0.25) is 0 Å². The second kappa shape index (κ2) is 4.36. The van der Waals surface area contributed by atoms with Gasteiger partial charge in [-0.1, -0.05) is 0 Å². The maximum atomic E-state index is 11.5. The number of nitriles is 1. The minimum atomic E-state index is -3.93. The lowest BCUT2D eigenvalue weighted by Crippen LogP contribution is -2.18. The zero-order chi connectivity index (χ0) is 14.3. The molecular formula is C11H10N6O2S. The summed E-state index contributed by atoms with van der Waals surface area (Å²) in [6, 6.07) is 5.19. The van der Waals surface area contributed by atoms with E-state index in [9.17, 15) is 8.42 Å². The molecule has 0 bridgehead atoms. The van der Waals surface area contributed by atoms with Gasteiger partial charge in [0.25, 0.3) is 15.2 Å². The van der Waals surface area contributed by atoms with Gasteiger partial charge in [-0.15, -0.1) is 10.2 Å². The first-order chi connectivity index (χ1) is 9.50. The zero-order valence-corrected chi connectivity index (χ0v) is 11.1. The van der Waals surface area contributed by atoms with Crippen LogP contribution in [0, 0.1) is 11.3 Å². The SMILES string of the molecule is N#Cc1ccc(-c2nnc(S(N)(=O)=O)n2C2CC2)nc1. The molecule has 20 heavy (non-hydrogen) atoms. The minimum Gasteiger partial charge on any atom is -0.292 e. The van der Waals surface area contributed by atoms with Crippen LogP contribution in [-0.4, -0.2) is 28.2 Å². The molecule has 0 aromatic carbocycles. The van der Waals surface area contributed by atoms with Crippen LogP contribution in [0.3, 0.4) is 0 Å². The lowest BCUT2D eigenvalue weighted by Gasteiger charge is -2.06. The Morgan fingerprint density at radius 1 is 1.35 bits per heavy atom. The van der Waals surface area contributed by atoms with E-state index in [0.29, 0.717) is 17.1 Å². The van der Waals surface area contributed by atoms with Crippen LogP contribution in [0.4, 0.5) is 0 Å². The van der Waals surface area contributed by atoms with E-state index >= 15 is 0 Å². The van der Waals surface area contributed by atoms with Gasteiger partial charge in [0.05, 0.1) is 5.56 Å². The van der Waals surface area contributed by atoms with E-state index in [2.05, 4.69) is 15.2 Å². The second-order valence-corrected chi connectivity index (χ2v) is 5.95. The van der Waals surface area contributed by atoms with Crippen LogP contribution in [0.2, 0.25) is 0 Å². The second-order valence-electron chi connectivity index (χ2n) is 4.50. The lowest BCUT2D eigenvalue weighted by atomic mass is 10.2. The first-order valence-corrected chi connectivity index (χ1v) is 7.39. The summed E-state index contributed by atoms with van der Waals surface area (Å²) in [6.07, 6.45) is 3.10. The third kappa shape index (κ3) is 2.15. The third-order valence-electron chi connectivity index (χ3n) is 2.95. The van der Waals surface area contributed by atoms with E-state index in [-0.39, 0.29) is 11.2 Å². The maximum absolute atomic E-state index is 11.5. The number of sulfonamides is 1. The van der Waals surface area contributed by atoms with Crippen LogP contribution < -0.4 is 5.14 Å². The van der Waals surface area contributed by atoms with Crippen LogP contribution in [-0.2, 0) is 10.0 Å². The van der Waals surface area contributed by atoms with E-state index in [1.165, 1.54) is 10.8 Å². The number of nitrogens with zero attached hydrogens (tertiary/aromatic N) is 5. The smallest absolute Gasteiger partial charge is 0.273 e. The standard InChI is InChI=1S/C11H10N6O2S/c12-5-7-1-4-9(14-6-7)10-15-16-11(20(13,18)19)17(10)8-2-3-8/h1,4,6,8H,2-3H2,(H2,13,18,19). The summed E-state index contributed by atoms with van der Waals surface area (Å²) in [5.74, 6) is 0.348. The van der Waals surface area contributed by atoms with Crippen LogP contribution >= 0.6 is 0 Å². The molecule has 1 aliphatic carbocycles. The van der Waals surface area contributed by atoms with Crippen molar-refractivity contribution in [1.82, 2.24) is 19.7 Å². The van der Waals surface area contributed by atoms with Gasteiger partial charge in [-0.05, 0) is 25.0 Å². The zero-order valence-electron chi connectivity index (χ0n) is 10.3. The summed E-state index contributed by atoms with van der Waals surface area (Å²) in [5, 5.41) is 21.2. The summed E-state index contributed by atoms with van der Waals surface area (Å²) < 4.78 is 24.5. The van der Waals surface area contributed by atoms with Crippen molar-refractivity contribution in [2.45, 2.75) is 24.0 Å². The molecule has 0 spiro atoms. The fraction of sp³-hybridized carbons (Fsp3) is 0.273. The highest BCUT2D eigenvalue weighted by atomic mass is 32.2. The van der Waals surface area contributed by atoms with Crippen LogP contribution in [0.5, 0.6) is 0 Å². The van der Waals surface area contributed by atoms with Gasteiger partial charge < -0.3 is 0 Å². The van der Waals surface area contributed by atoms with Gasteiger partial charge in [-0.2, -0.15) is 5.26 Å². The summed E-state index contributed by atoms with van der Waals surface area (Å²) in [4.78, 5) is 4.10. The molecule has 2 aromatic rings. The highest BCUT2D eigenvalue weighted by molar-refractivity contribution is 7.89. The maximum Gasteiger partial charge on any atom is 0.273 e. The van der Waals surface area contributed by atoms with Gasteiger partial charge in [0.15, 0.2) is 5.82 Å². The molecule has 1 saturated carbocycles. The molecule has 0 atom stereocenters. The Bertz CT molecular complexity index is 798. The van der Waals surface area contributed by atoms with Gasteiger partial charge >= 0.3 is 0 Å². The van der Waals surface area contributed by atoms with Crippen molar-refractivity contribution < 1.29 is 8.42 Å². The molecule has 1 aliphatic rings. The van der Waals surface area contributed by atoms with Crippen LogP contribution in [0.1, 0.15) is 24.4 Å². The number of pyridine rings is 1. The Morgan fingerprint density at radius 2 is 2.10 bits per heavy atom. The van der Waals surface area contributed by atoms with E-state index in [0.717, 1.165) is 12.8 Å². The molecule has 0 radical (unpaired) electrons. The molecule has 2 aromatic heterocycles. The largest absolute Gasteiger partial charge is 0.292 e. The Kier molecular flexibility index (Phi) is 2.77. The summed E-state index contributed by atoms with van der Waals surface area (Å²) >= 11 is 0. The summed E-state index contributed by atoms with van der Waals surface area (Å²) in [6.45, 7) is 0. The van der Waals surface area contributed by atoms with Crippen LogP contribution in [0.15, 0.2) is 23.5 Å². The molecule has 0 unspecified atom stereocenters. The van der Waals surface area contributed by atoms with Gasteiger partial charge in [0.1, 0.15) is 11.8 Å². The van der Waals surface area contributed by atoms with Crippen molar-refractivity contribution in [3.8, 4) is 17.6 Å². The predicted octanol–water partition coefficient (Wildman–Crippen LogP) is 0.194. The molecule has 2 heterocycles. The monoisotopic (exact) mass is 290 g/mol. The number of hydrogen-bond donors (Lipinski definition) is 1. The summed E-state index contributed by atoms with van der Waals surface area (Å²) in [5.41, 5.74) is 0.871. The van der Waals surface area contributed by atoms with Crippen molar-refractivity contribution in [1.29, 1.82) is 5.26 Å². The fourth-order valence-corrected chi connectivity index (χ4v) is 2.56.